The Labute approximate surface area is 114 Å². The molecule has 0 atom stereocenters. The lowest BCUT2D eigenvalue weighted by Gasteiger charge is -2.08. The van der Waals surface area contributed by atoms with Crippen LogP contribution in [0.2, 0.25) is 0 Å². The summed E-state index contributed by atoms with van der Waals surface area (Å²) in [5, 5.41) is 0. The Bertz CT molecular complexity index is 610. The standard InChI is InChI=1S/C17H18N2/c1-3-4-15(12-18)17-10-13(2)9-16(11-17)14-5-7-19-8-6-14/h3-12H,18H2,1-2H3/b4-3-,15-12+. The van der Waals surface area contributed by atoms with Crippen molar-refractivity contribution >= 4 is 5.57 Å². The molecule has 0 aliphatic heterocycles. The maximum absolute atomic E-state index is 5.71. The van der Waals surface area contributed by atoms with Gasteiger partial charge in [0, 0.05) is 18.6 Å². The Hall–Kier alpha value is -2.35. The summed E-state index contributed by atoms with van der Waals surface area (Å²) in [6, 6.07) is 10.5. The molecule has 0 aliphatic rings. The molecule has 0 radical (unpaired) electrons. The van der Waals surface area contributed by atoms with Crippen LogP contribution < -0.4 is 5.73 Å². The Morgan fingerprint density at radius 1 is 1.11 bits per heavy atom. The average Bonchev–Trinajstić information content (AvgIpc) is 2.45. The molecule has 96 valence electrons. The van der Waals surface area contributed by atoms with Gasteiger partial charge < -0.3 is 5.73 Å². The third kappa shape index (κ3) is 3.10. The van der Waals surface area contributed by atoms with Crippen LogP contribution in [0.3, 0.4) is 0 Å². The Morgan fingerprint density at radius 3 is 2.47 bits per heavy atom. The fourth-order valence-corrected chi connectivity index (χ4v) is 2.09. The second kappa shape index (κ2) is 6.01. The zero-order valence-electron chi connectivity index (χ0n) is 11.3. The van der Waals surface area contributed by atoms with E-state index < -0.39 is 0 Å². The van der Waals surface area contributed by atoms with E-state index in [0.717, 1.165) is 16.7 Å². The van der Waals surface area contributed by atoms with Gasteiger partial charge >= 0.3 is 0 Å². The van der Waals surface area contributed by atoms with E-state index in [1.807, 2.05) is 43.6 Å². The first-order chi connectivity index (χ1) is 9.24. The average molecular weight is 250 g/mol. The van der Waals surface area contributed by atoms with Gasteiger partial charge in [0.1, 0.15) is 0 Å². The summed E-state index contributed by atoms with van der Waals surface area (Å²) >= 11 is 0. The lowest BCUT2D eigenvalue weighted by molar-refractivity contribution is 1.33. The number of benzene rings is 1. The van der Waals surface area contributed by atoms with E-state index in [4.69, 9.17) is 5.73 Å². The van der Waals surface area contributed by atoms with Gasteiger partial charge in [-0.3, -0.25) is 4.98 Å². The number of pyridine rings is 1. The van der Waals surface area contributed by atoms with E-state index in [0.29, 0.717) is 0 Å². The third-order valence-electron chi connectivity index (χ3n) is 2.95. The van der Waals surface area contributed by atoms with E-state index in [1.165, 1.54) is 11.1 Å². The number of aromatic nitrogens is 1. The zero-order chi connectivity index (χ0) is 13.7. The molecule has 2 nitrogen and oxygen atoms in total. The van der Waals surface area contributed by atoms with E-state index >= 15 is 0 Å². The van der Waals surface area contributed by atoms with Crippen LogP contribution in [0.15, 0.2) is 61.1 Å². The molecule has 0 spiro atoms. The molecular formula is C17H18N2. The van der Waals surface area contributed by atoms with Crippen molar-refractivity contribution in [3.63, 3.8) is 0 Å². The molecule has 2 N–H and O–H groups in total. The van der Waals surface area contributed by atoms with Crippen molar-refractivity contribution in [3.8, 4) is 11.1 Å². The SMILES string of the molecule is C/C=C\C(=C/N)c1cc(C)cc(-c2ccncc2)c1. The van der Waals surface area contributed by atoms with Crippen LogP contribution in [0.5, 0.6) is 0 Å². The summed E-state index contributed by atoms with van der Waals surface area (Å²) < 4.78 is 0. The minimum absolute atomic E-state index is 1.03. The summed E-state index contributed by atoms with van der Waals surface area (Å²) in [4.78, 5) is 4.05. The van der Waals surface area contributed by atoms with Gasteiger partial charge in [-0.15, -0.1) is 0 Å². The van der Waals surface area contributed by atoms with Gasteiger partial charge in [0.05, 0.1) is 0 Å². The highest BCUT2D eigenvalue weighted by molar-refractivity contribution is 5.78. The number of nitrogens with zero attached hydrogens (tertiary/aromatic N) is 1. The first-order valence-electron chi connectivity index (χ1n) is 6.31. The van der Waals surface area contributed by atoms with Crippen LogP contribution in [0.1, 0.15) is 18.1 Å². The Balaban J connectivity index is 2.52. The predicted octanol–water partition coefficient (Wildman–Crippen LogP) is 3.93. The van der Waals surface area contributed by atoms with Crippen molar-refractivity contribution in [2.45, 2.75) is 13.8 Å². The number of hydrogen-bond donors (Lipinski definition) is 1. The monoisotopic (exact) mass is 250 g/mol. The first kappa shape index (κ1) is 13.1. The highest BCUT2D eigenvalue weighted by Crippen LogP contribution is 2.25. The van der Waals surface area contributed by atoms with E-state index in [2.05, 4.69) is 30.1 Å². The molecule has 0 saturated heterocycles. The number of hydrogen-bond acceptors (Lipinski definition) is 2. The van der Waals surface area contributed by atoms with Crippen LogP contribution in [0.25, 0.3) is 16.7 Å². The summed E-state index contributed by atoms with van der Waals surface area (Å²) in [5.74, 6) is 0. The molecule has 2 heteroatoms. The van der Waals surface area contributed by atoms with Gasteiger partial charge in [0.25, 0.3) is 0 Å². The fourth-order valence-electron chi connectivity index (χ4n) is 2.09. The lowest BCUT2D eigenvalue weighted by Crippen LogP contribution is -1.90. The smallest absolute Gasteiger partial charge is 0.0273 e. The van der Waals surface area contributed by atoms with Gasteiger partial charge in [-0.25, -0.2) is 0 Å². The molecule has 1 aromatic heterocycles. The maximum Gasteiger partial charge on any atom is 0.0273 e. The van der Waals surface area contributed by atoms with Gasteiger partial charge in [0.2, 0.25) is 0 Å². The van der Waals surface area contributed by atoms with E-state index in [9.17, 15) is 0 Å². The summed E-state index contributed by atoms with van der Waals surface area (Å²) in [6.07, 6.45) is 9.27. The van der Waals surface area contributed by atoms with Gasteiger partial charge in [0.15, 0.2) is 0 Å². The van der Waals surface area contributed by atoms with Gasteiger partial charge in [-0.05, 0) is 59.9 Å². The first-order valence-corrected chi connectivity index (χ1v) is 6.31. The summed E-state index contributed by atoms with van der Waals surface area (Å²) in [5.41, 5.74) is 11.4. The Kier molecular flexibility index (Phi) is 4.14. The number of allylic oxidation sites excluding steroid dienone is 3. The normalized spacial score (nSPS) is 12.0. The topological polar surface area (TPSA) is 38.9 Å². The summed E-state index contributed by atoms with van der Waals surface area (Å²) in [6.45, 7) is 4.08. The van der Waals surface area contributed by atoms with Crippen LogP contribution in [-0.4, -0.2) is 4.98 Å². The second-order valence-electron chi connectivity index (χ2n) is 4.45. The molecule has 1 aromatic carbocycles. The molecule has 1 heterocycles. The molecule has 0 amide bonds. The highest BCUT2D eigenvalue weighted by atomic mass is 14.6. The largest absolute Gasteiger partial charge is 0.404 e. The van der Waals surface area contributed by atoms with Gasteiger partial charge in [-0.1, -0.05) is 24.3 Å². The van der Waals surface area contributed by atoms with Crippen molar-refractivity contribution in [1.29, 1.82) is 0 Å². The fraction of sp³-hybridized carbons (Fsp3) is 0.118. The highest BCUT2D eigenvalue weighted by Gasteiger charge is 2.03. The molecule has 0 unspecified atom stereocenters. The molecule has 0 saturated carbocycles. The van der Waals surface area contributed by atoms with Crippen LogP contribution in [0, 0.1) is 6.92 Å². The minimum Gasteiger partial charge on any atom is -0.404 e. The molecule has 0 aliphatic carbocycles. The lowest BCUT2D eigenvalue weighted by atomic mass is 9.97. The molecule has 2 rings (SSSR count). The van der Waals surface area contributed by atoms with Crippen molar-refractivity contribution < 1.29 is 0 Å². The number of rotatable bonds is 3. The van der Waals surface area contributed by atoms with Crippen molar-refractivity contribution in [1.82, 2.24) is 4.98 Å². The van der Waals surface area contributed by atoms with Gasteiger partial charge in [-0.2, -0.15) is 0 Å². The van der Waals surface area contributed by atoms with Crippen molar-refractivity contribution in [2.75, 3.05) is 0 Å². The quantitative estimate of drug-likeness (QED) is 0.838. The predicted molar refractivity (Wildman–Crippen MR) is 81.4 cm³/mol. The van der Waals surface area contributed by atoms with E-state index in [-0.39, 0.29) is 0 Å². The summed E-state index contributed by atoms with van der Waals surface area (Å²) in [7, 11) is 0. The molecule has 19 heavy (non-hydrogen) atoms. The molecule has 0 bridgehead atoms. The van der Waals surface area contributed by atoms with Crippen molar-refractivity contribution in [2.24, 2.45) is 5.73 Å². The molecular weight excluding hydrogens is 232 g/mol. The van der Waals surface area contributed by atoms with Crippen LogP contribution in [0.4, 0.5) is 0 Å². The Morgan fingerprint density at radius 2 is 1.84 bits per heavy atom. The number of aryl methyl sites for hydroxylation is 1. The van der Waals surface area contributed by atoms with E-state index in [1.54, 1.807) is 6.20 Å². The number of nitrogens with two attached hydrogens (primary N) is 1. The van der Waals surface area contributed by atoms with Crippen LogP contribution >= 0.6 is 0 Å². The zero-order valence-corrected chi connectivity index (χ0v) is 11.3. The van der Waals surface area contributed by atoms with Crippen molar-refractivity contribution in [3.05, 3.63) is 72.2 Å². The maximum atomic E-state index is 5.71. The minimum atomic E-state index is 1.03. The van der Waals surface area contributed by atoms with Crippen LogP contribution in [-0.2, 0) is 0 Å². The molecule has 0 fully saturated rings. The third-order valence-corrected chi connectivity index (χ3v) is 2.95. The molecule has 2 aromatic rings. The second-order valence-corrected chi connectivity index (χ2v) is 4.45.